The van der Waals surface area contributed by atoms with Crippen molar-refractivity contribution in [2.24, 2.45) is 0 Å². The normalized spacial score (nSPS) is 20.5. The monoisotopic (exact) mass is 280 g/mol. The number of carboxylic acid groups (broad SMARTS) is 1. The molecule has 1 aromatic carbocycles. The molecule has 1 aliphatic rings. The average molecular weight is 280 g/mol. The molecule has 1 aliphatic heterocycles. The number of halogens is 1. The highest BCUT2D eigenvalue weighted by molar-refractivity contribution is 5.99. The van der Waals surface area contributed by atoms with Gasteiger partial charge >= 0.3 is 5.97 Å². The number of nitrogens with zero attached hydrogens (tertiary/aromatic N) is 2. The second kappa shape index (κ2) is 5.58. The number of anilines is 1. The van der Waals surface area contributed by atoms with Crippen LogP contribution in [0.3, 0.4) is 0 Å². The van der Waals surface area contributed by atoms with Gasteiger partial charge in [0.25, 0.3) is 0 Å². The van der Waals surface area contributed by atoms with Crippen LogP contribution in [0.1, 0.15) is 13.3 Å². The zero-order chi connectivity index (χ0) is 14.9. The minimum atomic E-state index is -0.982. The smallest absolute Gasteiger partial charge is 0.320 e. The van der Waals surface area contributed by atoms with E-state index in [0.717, 1.165) is 0 Å². The van der Waals surface area contributed by atoms with Crippen LogP contribution in [0.2, 0.25) is 0 Å². The first kappa shape index (κ1) is 14.5. The fourth-order valence-electron chi connectivity index (χ4n) is 2.40. The van der Waals surface area contributed by atoms with Crippen molar-refractivity contribution in [3.05, 3.63) is 30.1 Å². The minimum Gasteiger partial charge on any atom is -0.480 e. The van der Waals surface area contributed by atoms with Gasteiger partial charge in [-0.15, -0.1) is 0 Å². The molecular weight excluding hydrogens is 263 g/mol. The molecule has 0 saturated carbocycles. The first-order chi connectivity index (χ1) is 9.43. The van der Waals surface area contributed by atoms with E-state index in [9.17, 15) is 14.0 Å². The maximum atomic E-state index is 13.7. The molecule has 0 aromatic heterocycles. The van der Waals surface area contributed by atoms with E-state index in [-0.39, 0.29) is 11.6 Å². The van der Waals surface area contributed by atoms with Gasteiger partial charge in [-0.1, -0.05) is 12.1 Å². The highest BCUT2D eigenvalue weighted by Crippen LogP contribution is 2.26. The molecule has 1 N–H and O–H groups in total. The van der Waals surface area contributed by atoms with Crippen LogP contribution in [-0.4, -0.2) is 47.6 Å². The predicted octanol–water partition coefficient (Wildman–Crippen LogP) is 1.34. The molecular formula is C14H17FN2O3. The number of likely N-dealkylation sites (N-methyl/N-ethyl adjacent to an activating group) is 1. The Labute approximate surface area is 116 Å². The molecule has 1 amide bonds. The van der Waals surface area contributed by atoms with Crippen LogP contribution in [0, 0.1) is 5.82 Å². The van der Waals surface area contributed by atoms with Gasteiger partial charge in [0.1, 0.15) is 11.9 Å². The van der Waals surface area contributed by atoms with Crippen LogP contribution in [0.4, 0.5) is 10.1 Å². The highest BCUT2D eigenvalue weighted by Gasteiger charge is 2.38. The van der Waals surface area contributed by atoms with Crippen molar-refractivity contribution in [2.45, 2.75) is 25.4 Å². The van der Waals surface area contributed by atoms with Gasteiger partial charge in [-0.3, -0.25) is 14.5 Å². The molecule has 108 valence electrons. The van der Waals surface area contributed by atoms with E-state index in [4.69, 9.17) is 5.11 Å². The molecule has 0 aliphatic carbocycles. The Bertz CT molecular complexity index is 535. The van der Waals surface area contributed by atoms with E-state index in [0.29, 0.717) is 13.0 Å². The van der Waals surface area contributed by atoms with Gasteiger partial charge in [-0.25, -0.2) is 4.39 Å². The van der Waals surface area contributed by atoms with Crippen molar-refractivity contribution in [1.29, 1.82) is 0 Å². The molecule has 1 saturated heterocycles. The number of hydrogen-bond acceptors (Lipinski definition) is 3. The van der Waals surface area contributed by atoms with Crippen molar-refractivity contribution < 1.29 is 19.1 Å². The lowest BCUT2D eigenvalue weighted by molar-refractivity contribution is -0.143. The van der Waals surface area contributed by atoms with Gasteiger partial charge in [0, 0.05) is 6.54 Å². The molecule has 20 heavy (non-hydrogen) atoms. The SMILES string of the molecule is C[C@@H](C(=O)O)N(C)[C@H]1CCN(c2ccccc2F)C1=O. The van der Waals surface area contributed by atoms with E-state index in [1.807, 2.05) is 0 Å². The Morgan fingerprint density at radius 1 is 1.50 bits per heavy atom. The van der Waals surface area contributed by atoms with Crippen molar-refractivity contribution in [3.8, 4) is 0 Å². The third-order valence-electron chi connectivity index (χ3n) is 3.78. The lowest BCUT2D eigenvalue weighted by Crippen LogP contribution is -2.47. The maximum Gasteiger partial charge on any atom is 0.320 e. The first-order valence-electron chi connectivity index (χ1n) is 6.44. The number of rotatable bonds is 4. The summed E-state index contributed by atoms with van der Waals surface area (Å²) in [6.07, 6.45) is 0.487. The summed E-state index contributed by atoms with van der Waals surface area (Å²) in [5.74, 6) is -1.69. The zero-order valence-electron chi connectivity index (χ0n) is 11.4. The van der Waals surface area contributed by atoms with E-state index in [1.165, 1.54) is 22.8 Å². The number of carboxylic acids is 1. The molecule has 6 heteroatoms. The standard InChI is InChI=1S/C14H17FN2O3/c1-9(14(19)20)16(2)12-7-8-17(13(12)18)11-6-4-3-5-10(11)15/h3-6,9,12H,7-8H2,1-2H3,(H,19,20)/t9-,12-/m0/s1. The summed E-state index contributed by atoms with van der Waals surface area (Å²) in [5, 5.41) is 9.00. The Balaban J connectivity index is 2.18. The summed E-state index contributed by atoms with van der Waals surface area (Å²) >= 11 is 0. The van der Waals surface area contributed by atoms with Crippen LogP contribution >= 0.6 is 0 Å². The number of amides is 1. The summed E-state index contributed by atoms with van der Waals surface area (Å²) in [4.78, 5) is 26.2. The Morgan fingerprint density at radius 3 is 2.75 bits per heavy atom. The van der Waals surface area contributed by atoms with E-state index in [1.54, 1.807) is 25.2 Å². The highest BCUT2D eigenvalue weighted by atomic mass is 19.1. The van der Waals surface area contributed by atoms with Crippen molar-refractivity contribution >= 4 is 17.6 Å². The summed E-state index contributed by atoms with van der Waals surface area (Å²) in [5.41, 5.74) is 0.247. The molecule has 0 radical (unpaired) electrons. The molecule has 5 nitrogen and oxygen atoms in total. The Hall–Kier alpha value is -1.95. The van der Waals surface area contributed by atoms with Gasteiger partial charge in [0.15, 0.2) is 0 Å². The molecule has 2 atom stereocenters. The van der Waals surface area contributed by atoms with Crippen molar-refractivity contribution in [3.63, 3.8) is 0 Å². The Morgan fingerprint density at radius 2 is 2.15 bits per heavy atom. The second-order valence-corrected chi connectivity index (χ2v) is 4.93. The number of para-hydroxylation sites is 1. The summed E-state index contributed by atoms with van der Waals surface area (Å²) in [6, 6.07) is 4.80. The Kier molecular flexibility index (Phi) is 4.04. The molecule has 0 bridgehead atoms. The summed E-state index contributed by atoms with van der Waals surface area (Å²) < 4.78 is 13.7. The van der Waals surface area contributed by atoms with Gasteiger partial charge in [0.2, 0.25) is 5.91 Å². The van der Waals surface area contributed by atoms with E-state index in [2.05, 4.69) is 0 Å². The van der Waals surface area contributed by atoms with Crippen molar-refractivity contribution in [1.82, 2.24) is 4.90 Å². The quantitative estimate of drug-likeness (QED) is 0.904. The van der Waals surface area contributed by atoms with Crippen LogP contribution in [0.25, 0.3) is 0 Å². The van der Waals surface area contributed by atoms with Gasteiger partial charge in [-0.2, -0.15) is 0 Å². The number of carbonyl (C=O) groups excluding carboxylic acids is 1. The third kappa shape index (κ3) is 2.51. The summed E-state index contributed by atoms with van der Waals surface area (Å²) in [6.45, 7) is 1.92. The summed E-state index contributed by atoms with van der Waals surface area (Å²) in [7, 11) is 1.60. The number of benzene rings is 1. The molecule has 0 unspecified atom stereocenters. The lowest BCUT2D eigenvalue weighted by Gasteiger charge is -2.27. The maximum absolute atomic E-state index is 13.7. The van der Waals surface area contributed by atoms with Crippen LogP contribution in [-0.2, 0) is 9.59 Å². The molecule has 1 fully saturated rings. The molecule has 1 aromatic rings. The number of hydrogen-bond donors (Lipinski definition) is 1. The van der Waals surface area contributed by atoms with Crippen LogP contribution in [0.15, 0.2) is 24.3 Å². The van der Waals surface area contributed by atoms with E-state index >= 15 is 0 Å². The molecule has 2 rings (SSSR count). The second-order valence-electron chi connectivity index (χ2n) is 4.93. The topological polar surface area (TPSA) is 60.9 Å². The predicted molar refractivity (Wildman–Crippen MR) is 72.0 cm³/mol. The van der Waals surface area contributed by atoms with Crippen LogP contribution in [0.5, 0.6) is 0 Å². The first-order valence-corrected chi connectivity index (χ1v) is 6.44. The minimum absolute atomic E-state index is 0.247. The zero-order valence-corrected chi connectivity index (χ0v) is 11.4. The largest absolute Gasteiger partial charge is 0.480 e. The fraction of sp³-hybridized carbons (Fsp3) is 0.429. The van der Waals surface area contributed by atoms with Gasteiger partial charge in [-0.05, 0) is 32.5 Å². The van der Waals surface area contributed by atoms with Gasteiger partial charge in [0.05, 0.1) is 11.7 Å². The average Bonchev–Trinajstić information content (AvgIpc) is 2.79. The number of carbonyl (C=O) groups is 2. The van der Waals surface area contributed by atoms with Crippen molar-refractivity contribution in [2.75, 3.05) is 18.5 Å². The lowest BCUT2D eigenvalue weighted by atomic mass is 10.1. The van der Waals surface area contributed by atoms with Gasteiger partial charge < -0.3 is 10.0 Å². The molecule has 1 heterocycles. The fourth-order valence-corrected chi connectivity index (χ4v) is 2.40. The van der Waals surface area contributed by atoms with E-state index < -0.39 is 23.9 Å². The third-order valence-corrected chi connectivity index (χ3v) is 3.78. The molecule has 0 spiro atoms. The number of aliphatic carboxylic acids is 1. The van der Waals surface area contributed by atoms with Crippen LogP contribution < -0.4 is 4.90 Å².